The third kappa shape index (κ3) is 2.36. The zero-order valence-electron chi connectivity index (χ0n) is 12.7. The Morgan fingerprint density at radius 1 is 1.17 bits per heavy atom. The van der Waals surface area contributed by atoms with Crippen LogP contribution in [0.5, 0.6) is 0 Å². The summed E-state index contributed by atoms with van der Waals surface area (Å²) in [5, 5.41) is 4.00. The molecule has 0 aliphatic heterocycles. The van der Waals surface area contributed by atoms with Crippen molar-refractivity contribution in [2.75, 3.05) is 5.32 Å². The number of imidazole rings is 1. The Balaban J connectivity index is 1.62. The number of nitrogens with zero attached hydrogens (tertiary/aromatic N) is 2. The number of benzene rings is 2. The van der Waals surface area contributed by atoms with E-state index in [2.05, 4.69) is 15.3 Å². The van der Waals surface area contributed by atoms with Gasteiger partial charge in [-0.1, -0.05) is 18.2 Å². The number of anilines is 1. The van der Waals surface area contributed by atoms with Gasteiger partial charge in [-0.3, -0.25) is 4.79 Å². The molecule has 23 heavy (non-hydrogen) atoms. The van der Waals surface area contributed by atoms with Crippen molar-refractivity contribution in [2.45, 2.75) is 13.5 Å². The number of rotatable bonds is 3. The average Bonchev–Trinajstić information content (AvgIpc) is 3.13. The molecule has 0 spiro atoms. The maximum atomic E-state index is 12.5. The molecule has 0 atom stereocenters. The summed E-state index contributed by atoms with van der Waals surface area (Å²) >= 11 is 0. The SMILES string of the molecule is Cc1nc2ccccc2n1CC(=O)Nc1cccc2[nH]ccc12. The van der Waals surface area contributed by atoms with Crippen molar-refractivity contribution in [1.82, 2.24) is 14.5 Å². The monoisotopic (exact) mass is 304 g/mol. The molecule has 0 saturated carbocycles. The van der Waals surface area contributed by atoms with Gasteiger partial charge >= 0.3 is 0 Å². The number of amides is 1. The van der Waals surface area contributed by atoms with Crippen LogP contribution in [0.3, 0.4) is 0 Å². The predicted octanol–water partition coefficient (Wildman–Crippen LogP) is 3.46. The van der Waals surface area contributed by atoms with E-state index in [1.165, 1.54) is 0 Å². The van der Waals surface area contributed by atoms with Crippen molar-refractivity contribution in [2.24, 2.45) is 0 Å². The molecule has 0 saturated heterocycles. The highest BCUT2D eigenvalue weighted by molar-refractivity contribution is 6.01. The molecule has 2 N–H and O–H groups in total. The average molecular weight is 304 g/mol. The fraction of sp³-hybridized carbons (Fsp3) is 0.111. The van der Waals surface area contributed by atoms with Gasteiger partial charge in [0.2, 0.25) is 5.91 Å². The zero-order valence-corrected chi connectivity index (χ0v) is 12.7. The second kappa shape index (κ2) is 5.28. The molecule has 5 heteroatoms. The van der Waals surface area contributed by atoms with E-state index in [1.807, 2.05) is 66.2 Å². The maximum Gasteiger partial charge on any atom is 0.244 e. The van der Waals surface area contributed by atoms with Crippen molar-refractivity contribution in [3.8, 4) is 0 Å². The standard InChI is InChI=1S/C18H16N4O/c1-12-20-16-5-2-3-8-17(16)22(12)11-18(23)21-15-7-4-6-14-13(15)9-10-19-14/h2-10,19H,11H2,1H3,(H,21,23). The predicted molar refractivity (Wildman–Crippen MR) is 91.4 cm³/mol. The molecule has 4 aromatic rings. The minimum Gasteiger partial charge on any atom is -0.361 e. The first-order valence-corrected chi connectivity index (χ1v) is 7.50. The molecule has 0 fully saturated rings. The van der Waals surface area contributed by atoms with Gasteiger partial charge in [0.15, 0.2) is 0 Å². The van der Waals surface area contributed by atoms with Crippen LogP contribution in [0.1, 0.15) is 5.82 Å². The van der Waals surface area contributed by atoms with Crippen LogP contribution >= 0.6 is 0 Å². The summed E-state index contributed by atoms with van der Waals surface area (Å²) < 4.78 is 1.93. The van der Waals surface area contributed by atoms with Gasteiger partial charge in [0.05, 0.1) is 16.7 Å². The Morgan fingerprint density at radius 3 is 2.96 bits per heavy atom. The van der Waals surface area contributed by atoms with Crippen molar-refractivity contribution < 1.29 is 4.79 Å². The minimum absolute atomic E-state index is 0.0649. The molecule has 114 valence electrons. The number of carbonyl (C=O) groups is 1. The summed E-state index contributed by atoms with van der Waals surface area (Å²) in [6, 6.07) is 15.6. The summed E-state index contributed by atoms with van der Waals surface area (Å²) in [5.74, 6) is 0.770. The second-order valence-corrected chi connectivity index (χ2v) is 5.53. The lowest BCUT2D eigenvalue weighted by atomic mass is 10.2. The third-order valence-electron chi connectivity index (χ3n) is 4.02. The van der Waals surface area contributed by atoms with Crippen LogP contribution < -0.4 is 5.32 Å². The van der Waals surface area contributed by atoms with E-state index >= 15 is 0 Å². The van der Waals surface area contributed by atoms with Gasteiger partial charge in [0.25, 0.3) is 0 Å². The van der Waals surface area contributed by atoms with E-state index < -0.39 is 0 Å². The van der Waals surface area contributed by atoms with Crippen LogP contribution in [0.2, 0.25) is 0 Å². The van der Waals surface area contributed by atoms with Gasteiger partial charge < -0.3 is 14.9 Å². The number of aryl methyl sites for hydroxylation is 1. The lowest BCUT2D eigenvalue weighted by Gasteiger charge is -2.09. The Hall–Kier alpha value is -3.08. The summed E-state index contributed by atoms with van der Waals surface area (Å²) in [4.78, 5) is 20.1. The number of nitrogens with one attached hydrogen (secondary N) is 2. The first kappa shape index (κ1) is 13.6. The quantitative estimate of drug-likeness (QED) is 0.609. The van der Waals surface area contributed by atoms with Crippen molar-refractivity contribution in [1.29, 1.82) is 0 Å². The van der Waals surface area contributed by atoms with Crippen molar-refractivity contribution in [3.63, 3.8) is 0 Å². The highest BCUT2D eigenvalue weighted by Gasteiger charge is 2.12. The Kier molecular flexibility index (Phi) is 3.12. The van der Waals surface area contributed by atoms with Crippen LogP contribution in [-0.2, 0) is 11.3 Å². The number of para-hydroxylation sites is 2. The van der Waals surface area contributed by atoms with Gasteiger partial charge in [-0.05, 0) is 37.3 Å². The molecule has 0 aliphatic carbocycles. The van der Waals surface area contributed by atoms with Crippen LogP contribution in [0.15, 0.2) is 54.7 Å². The number of H-pyrrole nitrogens is 1. The number of carbonyl (C=O) groups excluding carboxylic acids is 1. The Bertz CT molecular complexity index is 1010. The number of hydrogen-bond acceptors (Lipinski definition) is 2. The summed E-state index contributed by atoms with van der Waals surface area (Å²) in [7, 11) is 0. The highest BCUT2D eigenvalue weighted by Crippen LogP contribution is 2.22. The fourth-order valence-electron chi connectivity index (χ4n) is 2.92. The molecule has 4 rings (SSSR count). The highest BCUT2D eigenvalue weighted by atomic mass is 16.1. The van der Waals surface area contributed by atoms with Crippen LogP contribution in [0.25, 0.3) is 21.9 Å². The Morgan fingerprint density at radius 2 is 2.04 bits per heavy atom. The maximum absolute atomic E-state index is 12.5. The fourth-order valence-corrected chi connectivity index (χ4v) is 2.92. The van der Waals surface area contributed by atoms with Gasteiger partial charge in [-0.15, -0.1) is 0 Å². The molecule has 0 aliphatic rings. The summed E-state index contributed by atoms with van der Waals surface area (Å²) in [5.41, 5.74) is 3.70. The molecule has 2 aromatic carbocycles. The smallest absolute Gasteiger partial charge is 0.244 e. The molecule has 5 nitrogen and oxygen atoms in total. The number of aromatic nitrogens is 3. The van der Waals surface area contributed by atoms with Gasteiger partial charge in [-0.25, -0.2) is 4.98 Å². The number of fused-ring (bicyclic) bond motifs is 2. The molecule has 2 aromatic heterocycles. The van der Waals surface area contributed by atoms with Gasteiger partial charge in [-0.2, -0.15) is 0 Å². The first-order chi connectivity index (χ1) is 11.2. The third-order valence-corrected chi connectivity index (χ3v) is 4.02. The number of aromatic amines is 1. The second-order valence-electron chi connectivity index (χ2n) is 5.53. The van der Waals surface area contributed by atoms with E-state index in [9.17, 15) is 4.79 Å². The zero-order chi connectivity index (χ0) is 15.8. The van der Waals surface area contributed by atoms with E-state index in [0.29, 0.717) is 0 Å². The molecule has 0 unspecified atom stereocenters. The molecule has 2 heterocycles. The van der Waals surface area contributed by atoms with Crippen LogP contribution in [0, 0.1) is 6.92 Å². The largest absolute Gasteiger partial charge is 0.361 e. The minimum atomic E-state index is -0.0649. The van der Waals surface area contributed by atoms with Gasteiger partial charge in [0, 0.05) is 17.1 Å². The molecule has 1 amide bonds. The molecule has 0 radical (unpaired) electrons. The van der Waals surface area contributed by atoms with Crippen LogP contribution in [0.4, 0.5) is 5.69 Å². The van der Waals surface area contributed by atoms with Gasteiger partial charge in [0.1, 0.15) is 12.4 Å². The first-order valence-electron chi connectivity index (χ1n) is 7.50. The molecule has 0 bridgehead atoms. The summed E-state index contributed by atoms with van der Waals surface area (Å²) in [6.07, 6.45) is 1.87. The van der Waals surface area contributed by atoms with E-state index in [4.69, 9.17) is 0 Å². The lowest BCUT2D eigenvalue weighted by Crippen LogP contribution is -2.19. The topological polar surface area (TPSA) is 62.7 Å². The van der Waals surface area contributed by atoms with E-state index in [1.54, 1.807) is 0 Å². The normalized spacial score (nSPS) is 11.2. The van der Waals surface area contributed by atoms with E-state index in [-0.39, 0.29) is 12.5 Å². The van der Waals surface area contributed by atoms with E-state index in [0.717, 1.165) is 33.4 Å². The Labute approximate surface area is 133 Å². The molecular formula is C18H16N4O. The number of hydrogen-bond donors (Lipinski definition) is 2. The molecular weight excluding hydrogens is 288 g/mol. The lowest BCUT2D eigenvalue weighted by molar-refractivity contribution is -0.116. The van der Waals surface area contributed by atoms with Crippen molar-refractivity contribution >= 4 is 33.5 Å². The summed E-state index contributed by atoms with van der Waals surface area (Å²) in [6.45, 7) is 2.16. The van der Waals surface area contributed by atoms with Crippen molar-refractivity contribution in [3.05, 3.63) is 60.6 Å². The van der Waals surface area contributed by atoms with Crippen LogP contribution in [-0.4, -0.2) is 20.4 Å².